The zero-order chi connectivity index (χ0) is 10.3. The summed E-state index contributed by atoms with van der Waals surface area (Å²) in [5.74, 6) is 0. The average molecular weight is 225 g/mol. The summed E-state index contributed by atoms with van der Waals surface area (Å²) in [6, 6.07) is 0.580. The highest BCUT2D eigenvalue weighted by molar-refractivity contribution is 6.30. The van der Waals surface area contributed by atoms with Gasteiger partial charge in [-0.15, -0.1) is 0 Å². The Bertz CT molecular complexity index is 364. The van der Waals surface area contributed by atoms with E-state index in [1.54, 1.807) is 0 Å². The second kappa shape index (κ2) is 3.82. The molecule has 0 unspecified atom stereocenters. The molecule has 0 aliphatic heterocycles. The lowest BCUT2D eigenvalue weighted by molar-refractivity contribution is 0.328. The van der Waals surface area contributed by atoms with Gasteiger partial charge >= 0.3 is 0 Å². The minimum atomic E-state index is 0.580. The standard InChI is InChI=1S/C12H17ClN2/c13-12-10-7-4-8-11(10)14-15(12)9-5-2-1-3-6-9/h9H,1-8H2. The molecule has 0 radical (unpaired) electrons. The maximum Gasteiger partial charge on any atom is 0.130 e. The van der Waals surface area contributed by atoms with E-state index in [0.29, 0.717) is 6.04 Å². The maximum atomic E-state index is 6.40. The molecule has 0 atom stereocenters. The van der Waals surface area contributed by atoms with Crippen LogP contribution < -0.4 is 0 Å². The molecule has 1 fully saturated rings. The second-order valence-electron chi connectivity index (χ2n) is 4.81. The molecule has 3 heteroatoms. The van der Waals surface area contributed by atoms with Crippen LogP contribution in [0.1, 0.15) is 55.8 Å². The number of hydrogen-bond acceptors (Lipinski definition) is 1. The third-order valence-electron chi connectivity index (χ3n) is 3.79. The van der Waals surface area contributed by atoms with Crippen molar-refractivity contribution in [1.29, 1.82) is 0 Å². The van der Waals surface area contributed by atoms with Gasteiger partial charge in [0.05, 0.1) is 11.7 Å². The van der Waals surface area contributed by atoms with Gasteiger partial charge in [0.15, 0.2) is 0 Å². The quantitative estimate of drug-likeness (QED) is 0.714. The number of fused-ring (bicyclic) bond motifs is 1. The highest BCUT2D eigenvalue weighted by Gasteiger charge is 2.25. The molecule has 0 bridgehead atoms. The monoisotopic (exact) mass is 224 g/mol. The summed E-state index contributed by atoms with van der Waals surface area (Å²) >= 11 is 6.40. The highest BCUT2D eigenvalue weighted by Crippen LogP contribution is 2.35. The van der Waals surface area contributed by atoms with Gasteiger partial charge in [-0.05, 0) is 32.1 Å². The van der Waals surface area contributed by atoms with E-state index in [2.05, 4.69) is 4.68 Å². The molecule has 0 N–H and O–H groups in total. The zero-order valence-electron chi connectivity index (χ0n) is 9.01. The molecule has 15 heavy (non-hydrogen) atoms. The van der Waals surface area contributed by atoms with E-state index in [0.717, 1.165) is 18.0 Å². The van der Waals surface area contributed by atoms with Crippen LogP contribution in [0.3, 0.4) is 0 Å². The normalized spacial score (nSPS) is 21.9. The number of halogens is 1. The van der Waals surface area contributed by atoms with Gasteiger partial charge in [0.25, 0.3) is 0 Å². The highest BCUT2D eigenvalue weighted by atomic mass is 35.5. The summed E-state index contributed by atoms with van der Waals surface area (Å²) < 4.78 is 2.12. The fourth-order valence-corrected chi connectivity index (χ4v) is 3.32. The van der Waals surface area contributed by atoms with Gasteiger partial charge in [-0.1, -0.05) is 30.9 Å². The van der Waals surface area contributed by atoms with Crippen molar-refractivity contribution in [1.82, 2.24) is 9.78 Å². The molecule has 1 aromatic rings. The van der Waals surface area contributed by atoms with Crippen LogP contribution >= 0.6 is 11.6 Å². The van der Waals surface area contributed by atoms with E-state index in [4.69, 9.17) is 16.7 Å². The first-order valence-corrected chi connectivity index (χ1v) is 6.50. The lowest BCUT2D eigenvalue weighted by Crippen LogP contribution is -2.14. The smallest absolute Gasteiger partial charge is 0.130 e. The minimum Gasteiger partial charge on any atom is -0.250 e. The van der Waals surface area contributed by atoms with Gasteiger partial charge in [0, 0.05) is 5.56 Å². The molecule has 2 aliphatic carbocycles. The number of nitrogens with zero attached hydrogens (tertiary/aromatic N) is 2. The van der Waals surface area contributed by atoms with Crippen molar-refractivity contribution in [3.63, 3.8) is 0 Å². The van der Waals surface area contributed by atoms with Crippen LogP contribution in [0, 0.1) is 0 Å². The van der Waals surface area contributed by atoms with E-state index < -0.39 is 0 Å². The van der Waals surface area contributed by atoms with Crippen LogP contribution in [-0.4, -0.2) is 9.78 Å². The summed E-state index contributed by atoms with van der Waals surface area (Å²) in [5.41, 5.74) is 2.60. The Hall–Kier alpha value is -0.500. The van der Waals surface area contributed by atoms with Crippen LogP contribution in [-0.2, 0) is 12.8 Å². The Morgan fingerprint density at radius 2 is 1.87 bits per heavy atom. The topological polar surface area (TPSA) is 17.8 Å². The lowest BCUT2D eigenvalue weighted by Gasteiger charge is -2.22. The Balaban J connectivity index is 1.91. The van der Waals surface area contributed by atoms with Gasteiger partial charge in [0.2, 0.25) is 0 Å². The average Bonchev–Trinajstić information content (AvgIpc) is 2.83. The SMILES string of the molecule is Clc1c2c(nn1C1CCCCC1)CCC2. The van der Waals surface area contributed by atoms with Gasteiger partial charge in [-0.25, -0.2) is 0 Å². The molecule has 0 aromatic carbocycles. The third-order valence-corrected chi connectivity index (χ3v) is 4.19. The molecule has 0 amide bonds. The summed E-state index contributed by atoms with van der Waals surface area (Å²) in [7, 11) is 0. The van der Waals surface area contributed by atoms with Crippen LogP contribution in [0.4, 0.5) is 0 Å². The fraction of sp³-hybridized carbons (Fsp3) is 0.750. The van der Waals surface area contributed by atoms with Crippen molar-refractivity contribution in [2.75, 3.05) is 0 Å². The summed E-state index contributed by atoms with van der Waals surface area (Å²) in [5, 5.41) is 5.64. The lowest BCUT2D eigenvalue weighted by atomic mass is 9.96. The number of aromatic nitrogens is 2. The molecule has 2 nitrogen and oxygen atoms in total. The summed E-state index contributed by atoms with van der Waals surface area (Å²) in [6.07, 6.45) is 10.1. The van der Waals surface area contributed by atoms with Gasteiger partial charge in [-0.3, -0.25) is 4.68 Å². The Morgan fingerprint density at radius 3 is 2.60 bits per heavy atom. The van der Waals surface area contributed by atoms with E-state index in [1.807, 2.05) is 0 Å². The first-order chi connectivity index (χ1) is 7.36. The molecule has 82 valence electrons. The van der Waals surface area contributed by atoms with E-state index in [-0.39, 0.29) is 0 Å². The molecular formula is C12H17ClN2. The van der Waals surface area contributed by atoms with Crippen molar-refractivity contribution in [3.8, 4) is 0 Å². The van der Waals surface area contributed by atoms with Crippen molar-refractivity contribution in [2.45, 2.75) is 57.4 Å². The zero-order valence-corrected chi connectivity index (χ0v) is 9.76. The van der Waals surface area contributed by atoms with Crippen molar-refractivity contribution in [3.05, 3.63) is 16.4 Å². The van der Waals surface area contributed by atoms with E-state index in [9.17, 15) is 0 Å². The van der Waals surface area contributed by atoms with Crippen LogP contribution in [0.5, 0.6) is 0 Å². The van der Waals surface area contributed by atoms with Crippen LogP contribution in [0.15, 0.2) is 0 Å². The Labute approximate surface area is 95.6 Å². The van der Waals surface area contributed by atoms with Crippen molar-refractivity contribution in [2.24, 2.45) is 0 Å². The fourth-order valence-electron chi connectivity index (χ4n) is 2.94. The Morgan fingerprint density at radius 1 is 1.07 bits per heavy atom. The van der Waals surface area contributed by atoms with E-state index >= 15 is 0 Å². The van der Waals surface area contributed by atoms with Crippen LogP contribution in [0.2, 0.25) is 5.15 Å². The first-order valence-electron chi connectivity index (χ1n) is 6.12. The van der Waals surface area contributed by atoms with Crippen molar-refractivity contribution < 1.29 is 0 Å². The summed E-state index contributed by atoms with van der Waals surface area (Å²) in [4.78, 5) is 0. The van der Waals surface area contributed by atoms with Crippen molar-refractivity contribution >= 4 is 11.6 Å². The van der Waals surface area contributed by atoms with Gasteiger partial charge in [-0.2, -0.15) is 5.10 Å². The maximum absolute atomic E-state index is 6.40. The predicted octanol–water partition coefficient (Wildman–Crippen LogP) is 3.53. The van der Waals surface area contributed by atoms with Crippen LogP contribution in [0.25, 0.3) is 0 Å². The molecule has 0 saturated heterocycles. The predicted molar refractivity (Wildman–Crippen MR) is 61.4 cm³/mol. The number of aryl methyl sites for hydroxylation is 1. The molecule has 3 rings (SSSR count). The summed E-state index contributed by atoms with van der Waals surface area (Å²) in [6.45, 7) is 0. The molecule has 2 aliphatic rings. The van der Waals surface area contributed by atoms with Gasteiger partial charge < -0.3 is 0 Å². The molecule has 0 spiro atoms. The molecule has 1 saturated carbocycles. The number of rotatable bonds is 1. The second-order valence-corrected chi connectivity index (χ2v) is 5.16. The molecule has 1 aromatic heterocycles. The Kier molecular flexibility index (Phi) is 2.47. The first kappa shape index (κ1) is 9.71. The molecule has 1 heterocycles. The number of hydrogen-bond donors (Lipinski definition) is 0. The minimum absolute atomic E-state index is 0.580. The molecular weight excluding hydrogens is 208 g/mol. The largest absolute Gasteiger partial charge is 0.250 e. The van der Waals surface area contributed by atoms with E-state index in [1.165, 1.54) is 49.8 Å². The van der Waals surface area contributed by atoms with Gasteiger partial charge in [0.1, 0.15) is 5.15 Å². The third kappa shape index (κ3) is 1.59.